The van der Waals surface area contributed by atoms with Crippen molar-refractivity contribution in [3.05, 3.63) is 71.4 Å². The van der Waals surface area contributed by atoms with Gasteiger partial charge in [0.2, 0.25) is 5.88 Å². The van der Waals surface area contributed by atoms with Crippen molar-refractivity contribution in [2.75, 3.05) is 60.0 Å². The highest BCUT2D eigenvalue weighted by atomic mass is 19.3. The molecule has 2 aliphatic rings. The van der Waals surface area contributed by atoms with Crippen LogP contribution in [0.4, 0.5) is 8.78 Å². The third kappa shape index (κ3) is 7.70. The number of nitrogens with zero attached hydrogens (tertiary/aromatic N) is 5. The standard InChI is InChI=1S/C34H49F2N6O/c1-5-6-13-29-22-27-11-7-9-14-30(27)33(38-29)43-21-20-42(3,4)25-32(41-19-18-40(37)23-26(41)2)39-17-16-34(35,36)31-15-10-8-12-28(31)24-39/h7-12,14-15,22,26,32H,5-6,13,16-21,23-25,37H2,1-4H3/q+1. The number of fused-ring (bicyclic) bond motifs is 2. The zero-order chi connectivity index (χ0) is 30.6. The van der Waals surface area contributed by atoms with Crippen LogP contribution in [-0.4, -0.2) is 96.5 Å². The number of pyridine rings is 1. The van der Waals surface area contributed by atoms with E-state index in [0.29, 0.717) is 30.1 Å². The minimum Gasteiger partial charge on any atom is -0.471 e. The van der Waals surface area contributed by atoms with Crippen molar-refractivity contribution in [1.29, 1.82) is 0 Å². The monoisotopic (exact) mass is 595 g/mol. The number of unbranched alkanes of at least 4 members (excludes halogenated alkanes) is 1. The minimum atomic E-state index is -2.84. The number of alkyl halides is 2. The van der Waals surface area contributed by atoms with Gasteiger partial charge >= 0.3 is 0 Å². The lowest BCUT2D eigenvalue weighted by Gasteiger charge is -2.48. The van der Waals surface area contributed by atoms with E-state index in [1.165, 1.54) is 0 Å². The van der Waals surface area contributed by atoms with Crippen molar-refractivity contribution >= 4 is 10.8 Å². The molecule has 0 radical (unpaired) electrons. The van der Waals surface area contributed by atoms with Gasteiger partial charge in [-0.25, -0.2) is 18.8 Å². The molecule has 9 heteroatoms. The Morgan fingerprint density at radius 1 is 1.09 bits per heavy atom. The summed E-state index contributed by atoms with van der Waals surface area (Å²) in [5, 5.41) is 4.05. The number of benzene rings is 2. The summed E-state index contributed by atoms with van der Waals surface area (Å²) in [6, 6.07) is 17.7. The lowest BCUT2D eigenvalue weighted by Crippen LogP contribution is -2.65. The molecule has 43 heavy (non-hydrogen) atoms. The molecule has 3 heterocycles. The number of halogens is 2. The van der Waals surface area contributed by atoms with Crippen LogP contribution in [0.2, 0.25) is 0 Å². The molecule has 0 aliphatic carbocycles. The number of hydrazine groups is 1. The first-order valence-electron chi connectivity index (χ1n) is 15.9. The molecular weight excluding hydrogens is 546 g/mol. The molecule has 2 N–H and O–H groups in total. The van der Waals surface area contributed by atoms with Crippen molar-refractivity contribution < 1.29 is 18.0 Å². The van der Waals surface area contributed by atoms with E-state index in [4.69, 9.17) is 15.6 Å². The maximum atomic E-state index is 15.2. The maximum absolute atomic E-state index is 15.2. The smallest absolute Gasteiger partial charge is 0.274 e. The Bertz CT molecular complexity index is 1370. The fraction of sp³-hybridized carbons (Fsp3) is 0.559. The predicted octanol–water partition coefficient (Wildman–Crippen LogP) is 5.24. The van der Waals surface area contributed by atoms with Crippen LogP contribution in [0.3, 0.4) is 0 Å². The summed E-state index contributed by atoms with van der Waals surface area (Å²) in [5.41, 5.74) is 1.95. The molecule has 3 aromatic rings. The molecule has 2 unspecified atom stereocenters. The first-order chi connectivity index (χ1) is 20.6. The number of hydrogen-bond acceptors (Lipinski definition) is 6. The van der Waals surface area contributed by atoms with Gasteiger partial charge in [-0.15, -0.1) is 0 Å². The summed E-state index contributed by atoms with van der Waals surface area (Å²) in [6.07, 6.45) is 2.95. The quantitative estimate of drug-likeness (QED) is 0.242. The van der Waals surface area contributed by atoms with Gasteiger partial charge in [0.1, 0.15) is 25.9 Å². The molecule has 0 spiro atoms. The van der Waals surface area contributed by atoms with Crippen LogP contribution in [0.1, 0.15) is 49.9 Å². The first-order valence-corrected chi connectivity index (χ1v) is 15.9. The van der Waals surface area contributed by atoms with Gasteiger partial charge in [0, 0.05) is 61.8 Å². The number of rotatable bonds is 11. The van der Waals surface area contributed by atoms with Gasteiger partial charge in [-0.3, -0.25) is 15.6 Å². The van der Waals surface area contributed by atoms with Gasteiger partial charge in [-0.1, -0.05) is 55.8 Å². The van der Waals surface area contributed by atoms with Crippen molar-refractivity contribution in [1.82, 2.24) is 19.8 Å². The zero-order valence-electron chi connectivity index (χ0n) is 26.3. The van der Waals surface area contributed by atoms with Gasteiger partial charge in [0.25, 0.3) is 5.92 Å². The van der Waals surface area contributed by atoms with Crippen LogP contribution in [0.25, 0.3) is 10.8 Å². The fourth-order valence-electron chi connectivity index (χ4n) is 6.60. The third-order valence-corrected chi connectivity index (χ3v) is 9.15. The van der Waals surface area contributed by atoms with Gasteiger partial charge < -0.3 is 9.22 Å². The molecule has 1 saturated heterocycles. The first kappa shape index (κ1) is 31.7. The molecule has 0 amide bonds. The van der Waals surface area contributed by atoms with E-state index in [9.17, 15) is 0 Å². The van der Waals surface area contributed by atoms with Crippen LogP contribution >= 0.6 is 0 Å². The van der Waals surface area contributed by atoms with E-state index in [2.05, 4.69) is 62.0 Å². The summed E-state index contributed by atoms with van der Waals surface area (Å²) in [5.74, 6) is 4.04. The number of hydrogen-bond donors (Lipinski definition) is 1. The molecule has 0 bridgehead atoms. The van der Waals surface area contributed by atoms with Crippen LogP contribution < -0.4 is 10.6 Å². The molecule has 2 aromatic carbocycles. The molecule has 7 nitrogen and oxygen atoms in total. The van der Waals surface area contributed by atoms with E-state index in [0.717, 1.165) is 74.0 Å². The number of aromatic nitrogens is 1. The maximum Gasteiger partial charge on any atom is 0.274 e. The second kappa shape index (κ2) is 13.5. The Morgan fingerprint density at radius 3 is 2.65 bits per heavy atom. The van der Waals surface area contributed by atoms with Crippen molar-refractivity contribution in [2.24, 2.45) is 5.84 Å². The molecule has 1 fully saturated rings. The number of aryl methyl sites for hydroxylation is 1. The van der Waals surface area contributed by atoms with E-state index < -0.39 is 5.92 Å². The van der Waals surface area contributed by atoms with Crippen molar-refractivity contribution in [3.63, 3.8) is 0 Å². The van der Waals surface area contributed by atoms with Gasteiger partial charge in [0.15, 0.2) is 0 Å². The fourth-order valence-corrected chi connectivity index (χ4v) is 6.60. The second-order valence-corrected chi connectivity index (χ2v) is 13.1. The molecule has 0 saturated carbocycles. The highest BCUT2D eigenvalue weighted by Gasteiger charge is 2.42. The molecule has 5 rings (SSSR count). The second-order valence-electron chi connectivity index (χ2n) is 13.1. The van der Waals surface area contributed by atoms with Crippen LogP contribution in [-0.2, 0) is 18.9 Å². The molecule has 2 aliphatic heterocycles. The Labute approximate surface area is 255 Å². The van der Waals surface area contributed by atoms with E-state index in [-0.39, 0.29) is 24.2 Å². The highest BCUT2D eigenvalue weighted by molar-refractivity contribution is 5.87. The summed E-state index contributed by atoms with van der Waals surface area (Å²) in [6.45, 7) is 9.58. The van der Waals surface area contributed by atoms with E-state index in [1.807, 2.05) is 23.2 Å². The summed E-state index contributed by atoms with van der Waals surface area (Å²) in [4.78, 5) is 9.64. The van der Waals surface area contributed by atoms with Crippen molar-refractivity contribution in [2.45, 2.75) is 64.2 Å². The molecule has 2 atom stereocenters. The van der Waals surface area contributed by atoms with Crippen LogP contribution in [0.5, 0.6) is 5.88 Å². The highest BCUT2D eigenvalue weighted by Crippen LogP contribution is 2.38. The van der Waals surface area contributed by atoms with Crippen LogP contribution in [0.15, 0.2) is 54.6 Å². The predicted molar refractivity (Wildman–Crippen MR) is 169 cm³/mol. The summed E-state index contributed by atoms with van der Waals surface area (Å²) >= 11 is 0. The van der Waals surface area contributed by atoms with Crippen LogP contribution in [0, 0.1) is 0 Å². The van der Waals surface area contributed by atoms with E-state index in [1.54, 1.807) is 12.1 Å². The molecule has 234 valence electrons. The Balaban J connectivity index is 1.34. The largest absolute Gasteiger partial charge is 0.471 e. The summed E-state index contributed by atoms with van der Waals surface area (Å²) in [7, 11) is 4.42. The van der Waals surface area contributed by atoms with Crippen molar-refractivity contribution in [3.8, 4) is 5.88 Å². The number of quaternary nitrogens is 1. The third-order valence-electron chi connectivity index (χ3n) is 9.15. The van der Waals surface area contributed by atoms with Gasteiger partial charge in [-0.05, 0) is 42.8 Å². The Kier molecular flexibility index (Phi) is 9.98. The minimum absolute atomic E-state index is 0.0167. The Morgan fingerprint density at radius 2 is 1.86 bits per heavy atom. The zero-order valence-corrected chi connectivity index (χ0v) is 26.3. The number of piperazine rings is 1. The Hall–Kier alpha value is -2.69. The topological polar surface area (TPSA) is 57.9 Å². The van der Waals surface area contributed by atoms with Gasteiger partial charge in [0.05, 0.1) is 14.1 Å². The molecule has 1 aromatic heterocycles. The summed E-state index contributed by atoms with van der Waals surface area (Å²) < 4.78 is 37.6. The lowest BCUT2D eigenvalue weighted by molar-refractivity contribution is -0.893. The average Bonchev–Trinajstić information content (AvgIpc) is 3.10. The molecular formula is C34H49F2N6O+. The number of ether oxygens (including phenoxy) is 1. The number of nitrogens with two attached hydrogens (primary N) is 1. The average molecular weight is 596 g/mol. The lowest BCUT2D eigenvalue weighted by atomic mass is 10.0. The van der Waals surface area contributed by atoms with Gasteiger partial charge in [-0.2, -0.15) is 0 Å². The normalized spacial score (nSPS) is 21.0. The number of likely N-dealkylation sites (N-methyl/N-ethyl adjacent to an activating group) is 1. The SMILES string of the molecule is CCCCc1cc2ccccc2c(OCC[N+](C)(C)CC(N2CCC(F)(F)c3ccccc3C2)N2CCN(N)CC2C)n1. The van der Waals surface area contributed by atoms with E-state index >= 15 is 8.78 Å².